The highest BCUT2D eigenvalue weighted by molar-refractivity contribution is 8.00. The number of aryl methyl sites for hydroxylation is 1. The molecule has 0 atom stereocenters. The van der Waals surface area contributed by atoms with E-state index in [1.165, 1.54) is 36.1 Å². The SMILES string of the molecule is CCCc1nnc(Sc2nc(C3CC3)ns2)o1. The third-order valence-corrected chi connectivity index (χ3v) is 4.06. The van der Waals surface area contributed by atoms with Gasteiger partial charge in [0.15, 0.2) is 4.34 Å². The molecule has 2 aromatic heterocycles. The lowest BCUT2D eigenvalue weighted by Gasteiger charge is -1.88. The summed E-state index contributed by atoms with van der Waals surface area (Å²) in [6.45, 7) is 2.09. The Hall–Kier alpha value is -0.950. The van der Waals surface area contributed by atoms with Crippen LogP contribution in [0.25, 0.3) is 0 Å². The summed E-state index contributed by atoms with van der Waals surface area (Å²) in [6, 6.07) is 0. The Kier molecular flexibility index (Phi) is 3.11. The molecule has 2 heterocycles. The van der Waals surface area contributed by atoms with E-state index < -0.39 is 0 Å². The minimum Gasteiger partial charge on any atom is -0.416 e. The normalized spacial score (nSPS) is 15.4. The highest BCUT2D eigenvalue weighted by Crippen LogP contribution is 2.40. The lowest BCUT2D eigenvalue weighted by molar-refractivity contribution is 0.411. The molecule has 1 saturated carbocycles. The van der Waals surface area contributed by atoms with E-state index in [2.05, 4.69) is 26.5 Å². The fourth-order valence-electron chi connectivity index (χ4n) is 1.44. The molecule has 1 fully saturated rings. The van der Waals surface area contributed by atoms with Crippen molar-refractivity contribution in [1.82, 2.24) is 19.6 Å². The Balaban J connectivity index is 1.67. The number of aromatic nitrogens is 4. The second-order valence-electron chi connectivity index (χ2n) is 4.01. The monoisotopic (exact) mass is 268 g/mol. The van der Waals surface area contributed by atoms with Crippen LogP contribution < -0.4 is 0 Å². The number of nitrogens with zero attached hydrogens (tertiary/aromatic N) is 4. The van der Waals surface area contributed by atoms with Crippen molar-refractivity contribution in [2.75, 3.05) is 0 Å². The van der Waals surface area contributed by atoms with E-state index in [4.69, 9.17) is 4.42 Å². The fourth-order valence-corrected chi connectivity index (χ4v) is 2.92. The summed E-state index contributed by atoms with van der Waals surface area (Å²) in [4.78, 5) is 4.47. The van der Waals surface area contributed by atoms with Gasteiger partial charge in [-0.15, -0.1) is 10.2 Å². The Morgan fingerprint density at radius 2 is 2.29 bits per heavy atom. The van der Waals surface area contributed by atoms with Crippen molar-refractivity contribution >= 4 is 23.3 Å². The number of hydrogen-bond donors (Lipinski definition) is 0. The first kappa shape index (κ1) is 11.2. The first-order valence-corrected chi connectivity index (χ1v) is 7.28. The van der Waals surface area contributed by atoms with Gasteiger partial charge in [-0.2, -0.15) is 4.37 Å². The minimum atomic E-state index is 0.562. The smallest absolute Gasteiger partial charge is 0.283 e. The first-order valence-electron chi connectivity index (χ1n) is 5.69. The van der Waals surface area contributed by atoms with Crippen LogP contribution in [0, 0.1) is 0 Å². The molecule has 0 amide bonds. The standard InChI is InChI=1S/C10H12N4OS2/c1-2-3-7-12-13-9(15-7)16-10-11-8(14-17-10)6-4-5-6/h6H,2-5H2,1H3. The zero-order chi connectivity index (χ0) is 11.7. The van der Waals surface area contributed by atoms with Gasteiger partial charge in [-0.25, -0.2) is 4.98 Å². The van der Waals surface area contributed by atoms with Gasteiger partial charge in [0.05, 0.1) is 0 Å². The van der Waals surface area contributed by atoms with Gasteiger partial charge in [-0.3, -0.25) is 0 Å². The fraction of sp³-hybridized carbons (Fsp3) is 0.600. The molecule has 90 valence electrons. The summed E-state index contributed by atoms with van der Waals surface area (Å²) in [5, 5.41) is 8.52. The van der Waals surface area contributed by atoms with Crippen molar-refractivity contribution < 1.29 is 4.42 Å². The van der Waals surface area contributed by atoms with Crippen molar-refractivity contribution in [3.63, 3.8) is 0 Å². The average Bonchev–Trinajstić information content (AvgIpc) is 2.92. The Morgan fingerprint density at radius 1 is 1.41 bits per heavy atom. The van der Waals surface area contributed by atoms with Crippen LogP contribution >= 0.6 is 23.3 Å². The molecule has 0 aromatic carbocycles. The van der Waals surface area contributed by atoms with Gasteiger partial charge in [0, 0.05) is 24.1 Å². The third-order valence-electron chi connectivity index (χ3n) is 2.45. The summed E-state index contributed by atoms with van der Waals surface area (Å²) in [7, 11) is 0. The summed E-state index contributed by atoms with van der Waals surface area (Å²) in [5.41, 5.74) is 0. The lowest BCUT2D eigenvalue weighted by atomic mass is 10.3. The van der Waals surface area contributed by atoms with Crippen LogP contribution in [0.2, 0.25) is 0 Å². The van der Waals surface area contributed by atoms with E-state index in [9.17, 15) is 0 Å². The van der Waals surface area contributed by atoms with Crippen LogP contribution in [-0.4, -0.2) is 19.6 Å². The van der Waals surface area contributed by atoms with Crippen LogP contribution in [0.15, 0.2) is 14.0 Å². The third kappa shape index (κ3) is 2.66. The molecule has 5 nitrogen and oxygen atoms in total. The predicted octanol–water partition coefficient (Wildman–Crippen LogP) is 2.90. The Labute approximate surface area is 107 Å². The molecule has 1 aliphatic rings. The second-order valence-corrected chi connectivity index (χ2v) is 5.96. The maximum atomic E-state index is 5.49. The van der Waals surface area contributed by atoms with Crippen LogP contribution in [0.3, 0.4) is 0 Å². The van der Waals surface area contributed by atoms with Crippen LogP contribution in [0.5, 0.6) is 0 Å². The summed E-state index contributed by atoms with van der Waals surface area (Å²) >= 11 is 2.81. The van der Waals surface area contributed by atoms with Gasteiger partial charge in [0.2, 0.25) is 5.89 Å². The average molecular weight is 268 g/mol. The van der Waals surface area contributed by atoms with E-state index in [-0.39, 0.29) is 0 Å². The zero-order valence-corrected chi connectivity index (χ0v) is 11.1. The van der Waals surface area contributed by atoms with Gasteiger partial charge in [-0.1, -0.05) is 6.92 Å². The number of hydrogen-bond acceptors (Lipinski definition) is 7. The predicted molar refractivity (Wildman–Crippen MR) is 64.3 cm³/mol. The molecular formula is C10H12N4OS2. The van der Waals surface area contributed by atoms with E-state index in [0.717, 1.165) is 23.0 Å². The van der Waals surface area contributed by atoms with Crippen molar-refractivity contribution in [3.8, 4) is 0 Å². The summed E-state index contributed by atoms with van der Waals surface area (Å²) in [5.74, 6) is 2.27. The molecule has 0 spiro atoms. The van der Waals surface area contributed by atoms with Crippen molar-refractivity contribution in [2.45, 2.75) is 48.1 Å². The van der Waals surface area contributed by atoms with Crippen LogP contribution in [-0.2, 0) is 6.42 Å². The van der Waals surface area contributed by atoms with Gasteiger partial charge in [0.25, 0.3) is 5.22 Å². The molecule has 0 radical (unpaired) electrons. The molecule has 0 bridgehead atoms. The van der Waals surface area contributed by atoms with Crippen LogP contribution in [0.1, 0.15) is 43.8 Å². The molecule has 1 aliphatic carbocycles. The molecule has 2 aromatic rings. The largest absolute Gasteiger partial charge is 0.416 e. The highest BCUT2D eigenvalue weighted by atomic mass is 32.2. The van der Waals surface area contributed by atoms with Gasteiger partial charge < -0.3 is 4.42 Å². The molecular weight excluding hydrogens is 256 g/mol. The molecule has 0 aliphatic heterocycles. The highest BCUT2D eigenvalue weighted by Gasteiger charge is 2.28. The van der Waals surface area contributed by atoms with Crippen molar-refractivity contribution in [3.05, 3.63) is 11.7 Å². The van der Waals surface area contributed by atoms with Crippen molar-refractivity contribution in [2.24, 2.45) is 0 Å². The molecule has 3 rings (SSSR count). The first-order chi connectivity index (χ1) is 8.35. The van der Waals surface area contributed by atoms with Crippen molar-refractivity contribution in [1.29, 1.82) is 0 Å². The lowest BCUT2D eigenvalue weighted by Crippen LogP contribution is -1.80. The van der Waals surface area contributed by atoms with E-state index in [1.54, 1.807) is 0 Å². The summed E-state index contributed by atoms with van der Waals surface area (Å²) in [6.07, 6.45) is 4.29. The second kappa shape index (κ2) is 4.73. The topological polar surface area (TPSA) is 64.7 Å². The van der Waals surface area contributed by atoms with E-state index in [1.807, 2.05) is 0 Å². The maximum absolute atomic E-state index is 5.49. The maximum Gasteiger partial charge on any atom is 0.283 e. The molecule has 0 unspecified atom stereocenters. The molecule has 17 heavy (non-hydrogen) atoms. The molecule has 0 N–H and O–H groups in total. The quantitative estimate of drug-likeness (QED) is 0.830. The van der Waals surface area contributed by atoms with E-state index in [0.29, 0.717) is 17.0 Å². The minimum absolute atomic E-state index is 0.562. The summed E-state index contributed by atoms with van der Waals surface area (Å²) < 4.78 is 10.7. The molecule has 0 saturated heterocycles. The van der Waals surface area contributed by atoms with E-state index >= 15 is 0 Å². The number of rotatable bonds is 5. The Morgan fingerprint density at radius 3 is 3.06 bits per heavy atom. The van der Waals surface area contributed by atoms with Gasteiger partial charge in [-0.05, 0) is 30.8 Å². The van der Waals surface area contributed by atoms with Crippen LogP contribution in [0.4, 0.5) is 0 Å². The molecule has 7 heteroatoms. The Bertz CT molecular complexity index is 506. The zero-order valence-electron chi connectivity index (χ0n) is 9.42. The van der Waals surface area contributed by atoms with Gasteiger partial charge in [0.1, 0.15) is 5.82 Å². The van der Waals surface area contributed by atoms with Gasteiger partial charge >= 0.3 is 0 Å².